The number of benzene rings is 1. The predicted octanol–water partition coefficient (Wildman–Crippen LogP) is 2.11. The minimum atomic E-state index is -0.0835. The summed E-state index contributed by atoms with van der Waals surface area (Å²) < 4.78 is 0. The molecule has 2 aromatic rings. The van der Waals surface area contributed by atoms with Crippen LogP contribution in [0.1, 0.15) is 29.8 Å². The molecule has 1 fully saturated rings. The van der Waals surface area contributed by atoms with Crippen molar-refractivity contribution >= 4 is 16.7 Å². The smallest absolute Gasteiger partial charge is 0.270 e. The number of hydrogen-bond donors (Lipinski definition) is 2. The second-order valence-corrected chi connectivity index (χ2v) is 5.22. The second-order valence-electron chi connectivity index (χ2n) is 5.22. The molecule has 2 heterocycles. The van der Waals surface area contributed by atoms with Crippen LogP contribution in [-0.4, -0.2) is 30.0 Å². The molecule has 1 atom stereocenters. The molecular formula is C16H19N3O. The van der Waals surface area contributed by atoms with Gasteiger partial charge in [0.2, 0.25) is 0 Å². The van der Waals surface area contributed by atoms with Crippen LogP contribution in [0.25, 0.3) is 10.8 Å². The number of carbonyl (C=O) groups is 1. The highest BCUT2D eigenvalue weighted by Crippen LogP contribution is 2.16. The average molecular weight is 269 g/mol. The van der Waals surface area contributed by atoms with E-state index in [4.69, 9.17) is 0 Å². The lowest BCUT2D eigenvalue weighted by Gasteiger charge is -2.11. The molecule has 0 unspecified atom stereocenters. The number of aromatic nitrogens is 1. The Labute approximate surface area is 118 Å². The van der Waals surface area contributed by atoms with Gasteiger partial charge in [-0.25, -0.2) is 0 Å². The van der Waals surface area contributed by atoms with E-state index in [2.05, 4.69) is 15.6 Å². The molecule has 0 saturated carbocycles. The number of nitrogens with one attached hydrogen (secondary N) is 2. The van der Waals surface area contributed by atoms with E-state index < -0.39 is 0 Å². The summed E-state index contributed by atoms with van der Waals surface area (Å²) in [5.74, 6) is -0.0835. The molecule has 1 amide bonds. The maximum Gasteiger partial charge on any atom is 0.270 e. The zero-order valence-corrected chi connectivity index (χ0v) is 11.4. The summed E-state index contributed by atoms with van der Waals surface area (Å²) in [6, 6.07) is 10.3. The lowest BCUT2D eigenvalue weighted by atomic mass is 10.1. The van der Waals surface area contributed by atoms with Crippen molar-refractivity contribution < 1.29 is 4.79 Å². The molecule has 0 spiro atoms. The van der Waals surface area contributed by atoms with Gasteiger partial charge in [-0.05, 0) is 37.3 Å². The average Bonchev–Trinajstić information content (AvgIpc) is 3.00. The Kier molecular flexibility index (Phi) is 3.92. The highest BCUT2D eigenvalue weighted by atomic mass is 16.1. The van der Waals surface area contributed by atoms with Crippen molar-refractivity contribution in [2.75, 3.05) is 13.1 Å². The quantitative estimate of drug-likeness (QED) is 0.893. The maximum absolute atomic E-state index is 12.2. The van der Waals surface area contributed by atoms with Crippen LogP contribution in [0.5, 0.6) is 0 Å². The molecule has 2 N–H and O–H groups in total. The van der Waals surface area contributed by atoms with Crippen molar-refractivity contribution in [3.05, 3.63) is 42.2 Å². The van der Waals surface area contributed by atoms with Gasteiger partial charge in [-0.3, -0.25) is 9.78 Å². The summed E-state index contributed by atoms with van der Waals surface area (Å²) in [6.45, 7) is 1.80. The summed E-state index contributed by atoms with van der Waals surface area (Å²) in [7, 11) is 0. The molecule has 1 saturated heterocycles. The van der Waals surface area contributed by atoms with E-state index in [0.29, 0.717) is 18.3 Å². The topological polar surface area (TPSA) is 54.0 Å². The maximum atomic E-state index is 12.2. The van der Waals surface area contributed by atoms with Crippen molar-refractivity contribution in [1.29, 1.82) is 0 Å². The molecule has 1 aromatic heterocycles. The minimum Gasteiger partial charge on any atom is -0.351 e. The van der Waals surface area contributed by atoms with Gasteiger partial charge in [0.05, 0.1) is 0 Å². The van der Waals surface area contributed by atoms with Crippen molar-refractivity contribution in [1.82, 2.24) is 15.6 Å². The van der Waals surface area contributed by atoms with Gasteiger partial charge in [0, 0.05) is 24.2 Å². The van der Waals surface area contributed by atoms with Gasteiger partial charge in [0.15, 0.2) is 0 Å². The number of hydrogen-bond acceptors (Lipinski definition) is 3. The number of rotatable bonds is 4. The van der Waals surface area contributed by atoms with E-state index in [0.717, 1.165) is 23.7 Å². The van der Waals surface area contributed by atoms with Crippen LogP contribution in [0.15, 0.2) is 36.5 Å². The van der Waals surface area contributed by atoms with E-state index in [9.17, 15) is 4.79 Å². The molecule has 1 aromatic carbocycles. The first-order chi connectivity index (χ1) is 9.84. The van der Waals surface area contributed by atoms with Crippen LogP contribution < -0.4 is 10.6 Å². The molecule has 4 heteroatoms. The summed E-state index contributed by atoms with van der Waals surface area (Å²) in [5, 5.41) is 8.36. The molecular weight excluding hydrogens is 250 g/mol. The normalized spacial score (nSPS) is 18.3. The van der Waals surface area contributed by atoms with Crippen molar-refractivity contribution in [3.8, 4) is 0 Å². The Hall–Kier alpha value is -1.94. The SMILES string of the molecule is O=C(NCC[C@H]1CCCN1)c1nccc2ccccc12. The van der Waals surface area contributed by atoms with Gasteiger partial charge >= 0.3 is 0 Å². The summed E-state index contributed by atoms with van der Waals surface area (Å²) in [5.41, 5.74) is 0.516. The largest absolute Gasteiger partial charge is 0.351 e. The van der Waals surface area contributed by atoms with Crippen molar-refractivity contribution in [2.24, 2.45) is 0 Å². The van der Waals surface area contributed by atoms with E-state index in [1.165, 1.54) is 12.8 Å². The van der Waals surface area contributed by atoms with Crippen molar-refractivity contribution in [3.63, 3.8) is 0 Å². The lowest BCUT2D eigenvalue weighted by Crippen LogP contribution is -2.31. The first kappa shape index (κ1) is 13.1. The molecule has 1 aliphatic heterocycles. The number of carbonyl (C=O) groups excluding carboxylic acids is 1. The molecule has 0 bridgehead atoms. The Morgan fingerprint density at radius 2 is 2.25 bits per heavy atom. The van der Waals surface area contributed by atoms with Gasteiger partial charge in [-0.15, -0.1) is 0 Å². The number of fused-ring (bicyclic) bond motifs is 1. The second kappa shape index (κ2) is 6.01. The van der Waals surface area contributed by atoms with Gasteiger partial charge in [-0.2, -0.15) is 0 Å². The monoisotopic (exact) mass is 269 g/mol. The Morgan fingerprint density at radius 3 is 3.10 bits per heavy atom. The van der Waals surface area contributed by atoms with Gasteiger partial charge in [-0.1, -0.05) is 24.3 Å². The number of nitrogens with zero attached hydrogens (tertiary/aromatic N) is 1. The van der Waals surface area contributed by atoms with Crippen LogP contribution >= 0.6 is 0 Å². The Morgan fingerprint density at radius 1 is 1.35 bits per heavy atom. The number of pyridine rings is 1. The third kappa shape index (κ3) is 2.80. The molecule has 4 nitrogen and oxygen atoms in total. The highest BCUT2D eigenvalue weighted by molar-refractivity contribution is 6.05. The zero-order chi connectivity index (χ0) is 13.8. The molecule has 0 radical (unpaired) electrons. The van der Waals surface area contributed by atoms with E-state index in [-0.39, 0.29) is 5.91 Å². The van der Waals surface area contributed by atoms with Crippen LogP contribution in [0, 0.1) is 0 Å². The molecule has 3 rings (SSSR count). The first-order valence-electron chi connectivity index (χ1n) is 7.20. The van der Waals surface area contributed by atoms with Crippen LogP contribution in [0.2, 0.25) is 0 Å². The Balaban J connectivity index is 1.66. The van der Waals surface area contributed by atoms with Gasteiger partial charge < -0.3 is 10.6 Å². The van der Waals surface area contributed by atoms with Crippen LogP contribution in [0.3, 0.4) is 0 Å². The van der Waals surface area contributed by atoms with E-state index in [1.54, 1.807) is 6.20 Å². The summed E-state index contributed by atoms with van der Waals surface area (Å²) in [4.78, 5) is 16.5. The minimum absolute atomic E-state index is 0.0835. The fraction of sp³-hybridized carbons (Fsp3) is 0.375. The third-order valence-electron chi connectivity index (χ3n) is 3.83. The molecule has 0 aliphatic carbocycles. The molecule has 104 valence electrons. The van der Waals surface area contributed by atoms with Gasteiger partial charge in [0.25, 0.3) is 5.91 Å². The van der Waals surface area contributed by atoms with E-state index in [1.807, 2.05) is 30.3 Å². The lowest BCUT2D eigenvalue weighted by molar-refractivity contribution is 0.0949. The first-order valence-corrected chi connectivity index (χ1v) is 7.20. The zero-order valence-electron chi connectivity index (χ0n) is 11.4. The number of amides is 1. The Bertz CT molecular complexity index is 600. The van der Waals surface area contributed by atoms with E-state index >= 15 is 0 Å². The highest BCUT2D eigenvalue weighted by Gasteiger charge is 2.15. The predicted molar refractivity (Wildman–Crippen MR) is 79.7 cm³/mol. The van der Waals surface area contributed by atoms with Crippen LogP contribution in [-0.2, 0) is 0 Å². The van der Waals surface area contributed by atoms with Gasteiger partial charge in [0.1, 0.15) is 5.69 Å². The third-order valence-corrected chi connectivity index (χ3v) is 3.83. The molecule has 1 aliphatic rings. The molecule has 20 heavy (non-hydrogen) atoms. The van der Waals surface area contributed by atoms with Crippen molar-refractivity contribution in [2.45, 2.75) is 25.3 Å². The summed E-state index contributed by atoms with van der Waals surface area (Å²) >= 11 is 0. The summed E-state index contributed by atoms with van der Waals surface area (Å²) in [6.07, 6.45) is 5.12. The fourth-order valence-electron chi connectivity index (χ4n) is 2.75. The van der Waals surface area contributed by atoms with Crippen LogP contribution in [0.4, 0.5) is 0 Å². The fourth-order valence-corrected chi connectivity index (χ4v) is 2.75. The standard InChI is InChI=1S/C16H19N3O/c20-16(19-11-8-13-5-3-9-17-13)15-14-6-2-1-4-12(14)7-10-18-15/h1-2,4,6-7,10,13,17H,3,5,8-9,11H2,(H,19,20)/t13-/m1/s1.